The van der Waals surface area contributed by atoms with Gasteiger partial charge in [0.15, 0.2) is 0 Å². The van der Waals surface area contributed by atoms with Gasteiger partial charge in [0.2, 0.25) is 5.91 Å². The number of hydrogen-bond donors (Lipinski definition) is 2. The van der Waals surface area contributed by atoms with Crippen LogP contribution in [-0.4, -0.2) is 18.5 Å². The second-order valence-electron chi connectivity index (χ2n) is 5.50. The molecule has 1 aromatic carbocycles. The summed E-state index contributed by atoms with van der Waals surface area (Å²) >= 11 is 0. The lowest BCUT2D eigenvalue weighted by atomic mass is 9.83. The van der Waals surface area contributed by atoms with Crippen LogP contribution in [-0.2, 0) is 17.6 Å². The van der Waals surface area contributed by atoms with E-state index in [1.54, 1.807) is 0 Å². The number of rotatable bonds is 5. The number of aryl methyl sites for hydroxylation is 1. The quantitative estimate of drug-likeness (QED) is 0.851. The van der Waals surface area contributed by atoms with Crippen molar-refractivity contribution in [1.29, 1.82) is 0 Å². The van der Waals surface area contributed by atoms with E-state index in [1.165, 1.54) is 11.1 Å². The Bertz CT molecular complexity index is 431. The van der Waals surface area contributed by atoms with E-state index in [1.807, 2.05) is 0 Å². The maximum Gasteiger partial charge on any atom is 0.223 e. The molecule has 19 heavy (non-hydrogen) atoms. The number of amides is 1. The van der Waals surface area contributed by atoms with Crippen LogP contribution < -0.4 is 11.1 Å². The van der Waals surface area contributed by atoms with Crippen LogP contribution in [0.4, 0.5) is 0 Å². The third-order valence-electron chi connectivity index (χ3n) is 3.92. The monoisotopic (exact) mass is 260 g/mol. The van der Waals surface area contributed by atoms with Gasteiger partial charge in [-0.2, -0.15) is 0 Å². The van der Waals surface area contributed by atoms with Crippen molar-refractivity contribution in [2.75, 3.05) is 6.54 Å². The molecular weight excluding hydrogens is 236 g/mol. The number of nitrogens with two attached hydrogens (primary N) is 1. The van der Waals surface area contributed by atoms with Gasteiger partial charge < -0.3 is 11.1 Å². The molecule has 0 heterocycles. The van der Waals surface area contributed by atoms with Crippen molar-refractivity contribution < 1.29 is 4.79 Å². The largest absolute Gasteiger partial charge is 0.354 e. The van der Waals surface area contributed by atoms with E-state index in [-0.39, 0.29) is 17.9 Å². The lowest BCUT2D eigenvalue weighted by Gasteiger charge is -2.24. The summed E-state index contributed by atoms with van der Waals surface area (Å²) in [6.07, 6.45) is 4.85. The molecule has 0 spiro atoms. The van der Waals surface area contributed by atoms with Gasteiger partial charge in [-0.1, -0.05) is 37.6 Å². The van der Waals surface area contributed by atoms with E-state index in [9.17, 15) is 4.79 Å². The average Bonchev–Trinajstić information content (AvgIpc) is 2.44. The summed E-state index contributed by atoms with van der Waals surface area (Å²) < 4.78 is 0. The highest BCUT2D eigenvalue weighted by atomic mass is 16.1. The van der Waals surface area contributed by atoms with E-state index >= 15 is 0 Å². The van der Waals surface area contributed by atoms with E-state index < -0.39 is 0 Å². The molecule has 0 fully saturated rings. The molecule has 0 bridgehead atoms. The van der Waals surface area contributed by atoms with Gasteiger partial charge in [0.05, 0.1) is 0 Å². The minimum Gasteiger partial charge on any atom is -0.354 e. The fourth-order valence-corrected chi connectivity index (χ4v) is 2.77. The van der Waals surface area contributed by atoms with Gasteiger partial charge in [0.25, 0.3) is 0 Å². The van der Waals surface area contributed by atoms with Gasteiger partial charge in [0.1, 0.15) is 0 Å². The predicted molar refractivity (Wildman–Crippen MR) is 77.9 cm³/mol. The van der Waals surface area contributed by atoms with E-state index in [2.05, 4.69) is 36.5 Å². The zero-order valence-corrected chi connectivity index (χ0v) is 11.7. The first kappa shape index (κ1) is 14.1. The molecule has 3 nitrogen and oxygen atoms in total. The maximum absolute atomic E-state index is 12.1. The second kappa shape index (κ2) is 6.71. The lowest BCUT2D eigenvalue weighted by molar-refractivity contribution is -0.125. The number of hydrogen-bond acceptors (Lipinski definition) is 2. The third-order valence-corrected chi connectivity index (χ3v) is 3.92. The van der Waals surface area contributed by atoms with Crippen molar-refractivity contribution in [1.82, 2.24) is 5.32 Å². The van der Waals surface area contributed by atoms with Crippen molar-refractivity contribution in [2.24, 2.45) is 11.7 Å². The standard InChI is InChI=1S/C16H24N2O/c1-2-5-15(17)11-18-16(19)14-9-8-12-6-3-4-7-13(12)10-14/h3-4,6-7,14-15H,2,5,8-11,17H2,1H3,(H,18,19). The third kappa shape index (κ3) is 3.80. The second-order valence-corrected chi connectivity index (χ2v) is 5.50. The Morgan fingerprint density at radius 2 is 2.16 bits per heavy atom. The molecule has 1 aliphatic rings. The summed E-state index contributed by atoms with van der Waals surface area (Å²) in [4.78, 5) is 12.1. The van der Waals surface area contributed by atoms with Crippen LogP contribution in [0.2, 0.25) is 0 Å². The van der Waals surface area contributed by atoms with E-state index in [0.717, 1.165) is 32.1 Å². The Morgan fingerprint density at radius 3 is 2.89 bits per heavy atom. The maximum atomic E-state index is 12.1. The summed E-state index contributed by atoms with van der Waals surface area (Å²) in [6.45, 7) is 2.71. The number of fused-ring (bicyclic) bond motifs is 1. The van der Waals surface area contributed by atoms with Gasteiger partial charge in [-0.15, -0.1) is 0 Å². The zero-order chi connectivity index (χ0) is 13.7. The van der Waals surface area contributed by atoms with Gasteiger partial charge in [-0.05, 0) is 36.8 Å². The molecule has 2 unspecified atom stereocenters. The number of carbonyl (C=O) groups is 1. The molecular formula is C16H24N2O. The minimum absolute atomic E-state index is 0.0878. The van der Waals surface area contributed by atoms with Crippen molar-refractivity contribution in [3.63, 3.8) is 0 Å². The van der Waals surface area contributed by atoms with Crippen molar-refractivity contribution >= 4 is 5.91 Å². The first-order valence-corrected chi connectivity index (χ1v) is 7.30. The first-order valence-electron chi connectivity index (χ1n) is 7.30. The molecule has 3 heteroatoms. The van der Waals surface area contributed by atoms with Crippen molar-refractivity contribution in [3.05, 3.63) is 35.4 Å². The molecule has 2 atom stereocenters. The summed E-state index contributed by atoms with van der Waals surface area (Å²) in [5.41, 5.74) is 8.65. The van der Waals surface area contributed by atoms with Crippen molar-refractivity contribution in [3.8, 4) is 0 Å². The van der Waals surface area contributed by atoms with Gasteiger partial charge in [-0.3, -0.25) is 4.79 Å². The zero-order valence-electron chi connectivity index (χ0n) is 11.7. The van der Waals surface area contributed by atoms with Crippen LogP contribution in [0.1, 0.15) is 37.3 Å². The van der Waals surface area contributed by atoms with Gasteiger partial charge in [0, 0.05) is 18.5 Å². The van der Waals surface area contributed by atoms with Crippen LogP contribution >= 0.6 is 0 Å². The minimum atomic E-state index is 0.0878. The molecule has 0 saturated heterocycles. The highest BCUT2D eigenvalue weighted by Crippen LogP contribution is 2.25. The molecule has 0 radical (unpaired) electrons. The Labute approximate surface area is 115 Å². The molecule has 104 valence electrons. The molecule has 2 rings (SSSR count). The topological polar surface area (TPSA) is 55.1 Å². The van der Waals surface area contributed by atoms with Crippen LogP contribution in [0.15, 0.2) is 24.3 Å². The molecule has 1 amide bonds. The Balaban J connectivity index is 1.85. The molecule has 0 saturated carbocycles. The Kier molecular flexibility index (Phi) is 4.97. The summed E-state index contributed by atoms with van der Waals surface area (Å²) in [5, 5.41) is 3.00. The summed E-state index contributed by atoms with van der Waals surface area (Å²) in [7, 11) is 0. The summed E-state index contributed by atoms with van der Waals surface area (Å²) in [6, 6.07) is 8.52. The summed E-state index contributed by atoms with van der Waals surface area (Å²) in [5.74, 6) is 0.282. The molecule has 1 aromatic rings. The Hall–Kier alpha value is -1.35. The predicted octanol–water partition coefficient (Wildman–Crippen LogP) is 2.04. The lowest BCUT2D eigenvalue weighted by Crippen LogP contribution is -2.41. The fourth-order valence-electron chi connectivity index (χ4n) is 2.77. The van der Waals surface area contributed by atoms with Crippen LogP contribution in [0.25, 0.3) is 0 Å². The molecule has 3 N–H and O–H groups in total. The van der Waals surface area contributed by atoms with Crippen molar-refractivity contribution in [2.45, 2.75) is 45.1 Å². The molecule has 1 aliphatic carbocycles. The highest BCUT2D eigenvalue weighted by Gasteiger charge is 2.24. The molecule has 0 aliphatic heterocycles. The van der Waals surface area contributed by atoms with Crippen LogP contribution in [0.5, 0.6) is 0 Å². The van der Waals surface area contributed by atoms with Crippen LogP contribution in [0, 0.1) is 5.92 Å². The normalized spacial score (nSPS) is 19.6. The smallest absolute Gasteiger partial charge is 0.223 e. The van der Waals surface area contributed by atoms with Gasteiger partial charge >= 0.3 is 0 Å². The van der Waals surface area contributed by atoms with E-state index in [4.69, 9.17) is 5.73 Å². The number of carbonyl (C=O) groups excluding carboxylic acids is 1. The SMILES string of the molecule is CCCC(N)CNC(=O)C1CCc2ccccc2C1. The Morgan fingerprint density at radius 1 is 1.42 bits per heavy atom. The number of benzene rings is 1. The highest BCUT2D eigenvalue weighted by molar-refractivity contribution is 5.79. The molecule has 0 aromatic heterocycles. The fraction of sp³-hybridized carbons (Fsp3) is 0.562. The first-order chi connectivity index (χ1) is 9.20. The van der Waals surface area contributed by atoms with Gasteiger partial charge in [-0.25, -0.2) is 0 Å². The van der Waals surface area contributed by atoms with E-state index in [0.29, 0.717) is 6.54 Å². The number of nitrogens with one attached hydrogen (secondary N) is 1. The average molecular weight is 260 g/mol. The van der Waals surface area contributed by atoms with Crippen LogP contribution in [0.3, 0.4) is 0 Å².